The van der Waals surface area contributed by atoms with E-state index >= 15 is 0 Å². The van der Waals surface area contributed by atoms with Gasteiger partial charge in [-0.25, -0.2) is 0 Å². The van der Waals surface area contributed by atoms with E-state index in [4.69, 9.17) is 5.73 Å². The van der Waals surface area contributed by atoms with Crippen molar-refractivity contribution in [1.29, 1.82) is 0 Å². The molecule has 0 fully saturated rings. The van der Waals surface area contributed by atoms with E-state index in [0.29, 0.717) is 0 Å². The zero-order valence-electron chi connectivity index (χ0n) is 20.2. The molecule has 1 unspecified atom stereocenters. The Balaban J connectivity index is 1.62. The van der Waals surface area contributed by atoms with Crippen LogP contribution in [0.5, 0.6) is 0 Å². The molecule has 0 spiro atoms. The molecule has 7 rings (SSSR count). The molecule has 3 N–H and O–H groups in total. The van der Waals surface area contributed by atoms with Crippen molar-refractivity contribution in [3.8, 4) is 11.1 Å². The molecular formula is C32H27N3S. The van der Waals surface area contributed by atoms with Crippen LogP contribution in [0.15, 0.2) is 91.5 Å². The van der Waals surface area contributed by atoms with E-state index in [9.17, 15) is 0 Å². The fourth-order valence-corrected chi connectivity index (χ4v) is 7.19. The maximum absolute atomic E-state index is 6.91. The van der Waals surface area contributed by atoms with Gasteiger partial charge in [-0.15, -0.1) is 17.9 Å². The Kier molecular flexibility index (Phi) is 4.73. The van der Waals surface area contributed by atoms with Gasteiger partial charge >= 0.3 is 0 Å². The van der Waals surface area contributed by atoms with E-state index in [1.165, 1.54) is 53.1 Å². The second kappa shape index (κ2) is 8.00. The summed E-state index contributed by atoms with van der Waals surface area (Å²) in [6.45, 7) is 6.27. The molecule has 36 heavy (non-hydrogen) atoms. The third-order valence-corrected chi connectivity index (χ3v) is 8.73. The maximum Gasteiger partial charge on any atom is 0.135 e. The average Bonchev–Trinajstić information content (AvgIpc) is 3.55. The fourth-order valence-electron chi connectivity index (χ4n) is 5.81. The van der Waals surface area contributed by atoms with Crippen LogP contribution < -0.4 is 11.1 Å². The summed E-state index contributed by atoms with van der Waals surface area (Å²) in [4.78, 5) is 0. The SMILES string of the molecule is C=CC(CCC)Nc1c(N)c2cc3c4cccc(-c5ccccc5)c4sc3c3c4ccccc4n1c23. The molecule has 0 saturated heterocycles. The number of fused-ring (bicyclic) bond motifs is 7. The summed E-state index contributed by atoms with van der Waals surface area (Å²) in [5.74, 6) is 0.974. The molecule has 0 saturated carbocycles. The number of thiophene rings is 1. The second-order valence-corrected chi connectivity index (χ2v) is 10.6. The summed E-state index contributed by atoms with van der Waals surface area (Å²) < 4.78 is 4.98. The summed E-state index contributed by atoms with van der Waals surface area (Å²) in [5, 5.41) is 9.96. The third-order valence-electron chi connectivity index (χ3n) is 7.46. The van der Waals surface area contributed by atoms with E-state index in [-0.39, 0.29) is 6.04 Å². The monoisotopic (exact) mass is 485 g/mol. The topological polar surface area (TPSA) is 42.5 Å². The van der Waals surface area contributed by atoms with E-state index in [2.05, 4.69) is 102 Å². The number of hydrogen-bond donors (Lipinski definition) is 2. The molecule has 3 aromatic heterocycles. The molecule has 4 aromatic carbocycles. The minimum Gasteiger partial charge on any atom is -0.395 e. The molecule has 1 atom stereocenters. The first-order valence-electron chi connectivity index (χ1n) is 12.6. The van der Waals surface area contributed by atoms with Crippen molar-refractivity contribution in [2.45, 2.75) is 25.8 Å². The number of hydrogen-bond acceptors (Lipinski definition) is 3. The van der Waals surface area contributed by atoms with Crippen molar-refractivity contribution in [2.75, 3.05) is 11.1 Å². The van der Waals surface area contributed by atoms with Gasteiger partial charge in [0.15, 0.2) is 0 Å². The summed E-state index contributed by atoms with van der Waals surface area (Å²) in [6.07, 6.45) is 4.09. The molecule has 0 aliphatic rings. The summed E-state index contributed by atoms with van der Waals surface area (Å²) in [5.41, 5.74) is 12.6. The normalized spacial score (nSPS) is 12.9. The van der Waals surface area contributed by atoms with Gasteiger partial charge in [0.1, 0.15) is 5.82 Å². The first kappa shape index (κ1) is 21.3. The summed E-state index contributed by atoms with van der Waals surface area (Å²) >= 11 is 1.90. The zero-order valence-corrected chi connectivity index (χ0v) is 21.0. The van der Waals surface area contributed by atoms with Crippen LogP contribution in [0.1, 0.15) is 19.8 Å². The van der Waals surface area contributed by atoms with Crippen LogP contribution in [-0.4, -0.2) is 10.4 Å². The minimum absolute atomic E-state index is 0.171. The van der Waals surface area contributed by atoms with E-state index in [0.717, 1.165) is 29.7 Å². The van der Waals surface area contributed by atoms with Gasteiger partial charge in [0.25, 0.3) is 0 Å². The van der Waals surface area contributed by atoms with Crippen molar-refractivity contribution in [1.82, 2.24) is 4.40 Å². The van der Waals surface area contributed by atoms with Gasteiger partial charge in [0.2, 0.25) is 0 Å². The van der Waals surface area contributed by atoms with Gasteiger partial charge in [-0.3, -0.25) is 4.40 Å². The number of nitrogen functional groups attached to an aromatic ring is 1. The highest BCUT2D eigenvalue weighted by Gasteiger charge is 2.25. The predicted octanol–water partition coefficient (Wildman–Crippen LogP) is 9.07. The number of nitrogens with zero attached hydrogens (tertiary/aromatic N) is 1. The van der Waals surface area contributed by atoms with Gasteiger partial charge in [0.05, 0.1) is 16.7 Å². The Morgan fingerprint density at radius 2 is 1.69 bits per heavy atom. The molecule has 0 radical (unpaired) electrons. The number of anilines is 2. The zero-order chi connectivity index (χ0) is 24.4. The van der Waals surface area contributed by atoms with Gasteiger partial charge < -0.3 is 11.1 Å². The number of aromatic nitrogens is 1. The Labute approximate surface area is 213 Å². The lowest BCUT2D eigenvalue weighted by atomic mass is 10.0. The lowest BCUT2D eigenvalue weighted by Crippen LogP contribution is -2.18. The van der Waals surface area contributed by atoms with Gasteiger partial charge in [0, 0.05) is 42.4 Å². The Morgan fingerprint density at radius 1 is 0.917 bits per heavy atom. The molecule has 3 heterocycles. The average molecular weight is 486 g/mol. The van der Waals surface area contributed by atoms with E-state index in [1.807, 2.05) is 17.4 Å². The summed E-state index contributed by atoms with van der Waals surface area (Å²) in [7, 11) is 0. The lowest BCUT2D eigenvalue weighted by molar-refractivity contribution is 0.737. The Morgan fingerprint density at radius 3 is 2.50 bits per heavy atom. The molecule has 7 aromatic rings. The van der Waals surface area contributed by atoms with Crippen LogP contribution in [0.2, 0.25) is 0 Å². The van der Waals surface area contributed by atoms with Crippen molar-refractivity contribution < 1.29 is 0 Å². The highest BCUT2D eigenvalue weighted by molar-refractivity contribution is 7.27. The first-order valence-corrected chi connectivity index (χ1v) is 13.4. The number of nitrogens with two attached hydrogens (primary N) is 1. The van der Waals surface area contributed by atoms with Crippen molar-refractivity contribution in [3.05, 3.63) is 91.5 Å². The number of benzene rings is 4. The van der Waals surface area contributed by atoms with Crippen molar-refractivity contribution in [2.24, 2.45) is 0 Å². The second-order valence-electron chi connectivity index (χ2n) is 9.56. The standard InChI is InChI=1S/C32H27N3S/c1-3-11-20(4-2)34-32-28(33)25-18-24-22-16-10-15-21(19-12-6-5-7-13-19)30(22)36-31(24)27-23-14-8-9-17-26(23)35(32)29(25)27/h4-10,12-18,20,34H,2-3,11,33H2,1H3. The van der Waals surface area contributed by atoms with Crippen LogP contribution >= 0.6 is 11.3 Å². The summed E-state index contributed by atoms with van der Waals surface area (Å²) in [6, 6.07) is 28.5. The van der Waals surface area contributed by atoms with Gasteiger partial charge in [-0.1, -0.05) is 86.2 Å². The third kappa shape index (κ3) is 2.85. The van der Waals surface area contributed by atoms with E-state index in [1.54, 1.807) is 0 Å². The highest BCUT2D eigenvalue weighted by atomic mass is 32.1. The Hall–Kier alpha value is -4.02. The number of nitrogens with one attached hydrogen (secondary N) is 1. The molecule has 0 aliphatic heterocycles. The quantitative estimate of drug-likeness (QED) is 0.231. The van der Waals surface area contributed by atoms with E-state index < -0.39 is 0 Å². The smallest absolute Gasteiger partial charge is 0.135 e. The van der Waals surface area contributed by atoms with Crippen LogP contribution in [0.3, 0.4) is 0 Å². The molecule has 3 nitrogen and oxygen atoms in total. The van der Waals surface area contributed by atoms with Crippen molar-refractivity contribution in [3.63, 3.8) is 0 Å². The highest BCUT2D eigenvalue weighted by Crippen LogP contribution is 2.50. The molecule has 176 valence electrons. The molecular weight excluding hydrogens is 458 g/mol. The first-order chi connectivity index (χ1) is 17.7. The Bertz CT molecular complexity index is 1910. The minimum atomic E-state index is 0.171. The maximum atomic E-state index is 6.91. The molecule has 4 heteroatoms. The van der Waals surface area contributed by atoms with Crippen LogP contribution in [0.25, 0.3) is 58.5 Å². The van der Waals surface area contributed by atoms with Gasteiger partial charge in [-0.05, 0) is 29.7 Å². The fraction of sp³-hybridized carbons (Fsp3) is 0.125. The van der Waals surface area contributed by atoms with Crippen LogP contribution in [-0.2, 0) is 0 Å². The van der Waals surface area contributed by atoms with Crippen molar-refractivity contribution >= 4 is 70.2 Å². The number of para-hydroxylation sites is 1. The van der Waals surface area contributed by atoms with Gasteiger partial charge in [-0.2, -0.15) is 0 Å². The predicted molar refractivity (Wildman–Crippen MR) is 159 cm³/mol. The molecule has 0 bridgehead atoms. The largest absolute Gasteiger partial charge is 0.395 e. The lowest BCUT2D eigenvalue weighted by Gasteiger charge is -2.16. The van der Waals surface area contributed by atoms with Crippen LogP contribution in [0.4, 0.5) is 11.5 Å². The molecule has 0 aliphatic carbocycles. The van der Waals surface area contributed by atoms with Crippen LogP contribution in [0, 0.1) is 0 Å². The number of rotatable bonds is 6. The molecule has 0 amide bonds.